The monoisotopic (exact) mass is 432 g/mol. The molecule has 152 valence electrons. The molecule has 0 fully saturated rings. The highest BCUT2D eigenvalue weighted by atomic mass is 32.1. The number of azo groups is 2. The highest BCUT2D eigenvalue weighted by Crippen LogP contribution is 2.17. The third-order valence-corrected chi connectivity index (χ3v) is 3.59. The summed E-state index contributed by atoms with van der Waals surface area (Å²) in [7, 11) is 0. The minimum Gasteiger partial charge on any atom is -0.197 e. The Hall–Kier alpha value is -3.22. The standard InChI is InChI=1S/2C12H10N2.2H2S/c2*1-3-7-11(8-4-1)13-14-12-9-5-2-6-10-12;;/h2*1-10H;2*1H2/b2*14-13+;;. The Balaban J connectivity index is 0.000000281. The predicted molar refractivity (Wildman–Crippen MR) is 135 cm³/mol. The zero-order valence-corrected chi connectivity index (χ0v) is 18.3. The number of benzene rings is 4. The van der Waals surface area contributed by atoms with Gasteiger partial charge in [-0.2, -0.15) is 47.4 Å². The van der Waals surface area contributed by atoms with Crippen LogP contribution in [0.3, 0.4) is 0 Å². The summed E-state index contributed by atoms with van der Waals surface area (Å²) >= 11 is 0. The van der Waals surface area contributed by atoms with E-state index in [9.17, 15) is 0 Å². The molecule has 0 saturated heterocycles. The van der Waals surface area contributed by atoms with E-state index in [2.05, 4.69) is 20.5 Å². The van der Waals surface area contributed by atoms with Crippen molar-refractivity contribution in [2.24, 2.45) is 20.5 Å². The minimum absolute atomic E-state index is 0. The summed E-state index contributed by atoms with van der Waals surface area (Å²) in [6, 6.07) is 38.8. The van der Waals surface area contributed by atoms with Gasteiger partial charge in [0.1, 0.15) is 0 Å². The van der Waals surface area contributed by atoms with E-state index in [-0.39, 0.29) is 27.0 Å². The van der Waals surface area contributed by atoms with E-state index in [1.165, 1.54) is 0 Å². The number of hydrogen-bond acceptors (Lipinski definition) is 4. The number of rotatable bonds is 4. The summed E-state index contributed by atoms with van der Waals surface area (Å²) in [6.07, 6.45) is 0. The first-order valence-electron chi connectivity index (χ1n) is 8.94. The van der Waals surface area contributed by atoms with Gasteiger partial charge in [-0.05, 0) is 48.5 Å². The molecule has 0 N–H and O–H groups in total. The quantitative estimate of drug-likeness (QED) is 0.291. The maximum Gasteiger partial charge on any atom is 0.0857 e. The molecule has 4 aromatic carbocycles. The van der Waals surface area contributed by atoms with Crippen molar-refractivity contribution in [3.05, 3.63) is 121 Å². The first kappa shape index (κ1) is 24.8. The lowest BCUT2D eigenvalue weighted by atomic mass is 10.3. The Kier molecular flexibility index (Phi) is 12.2. The normalized spacial score (nSPS) is 9.87. The Morgan fingerprint density at radius 3 is 0.600 bits per heavy atom. The summed E-state index contributed by atoms with van der Waals surface area (Å²) in [5, 5.41) is 16.4. The average Bonchev–Trinajstić information content (AvgIpc) is 2.80. The van der Waals surface area contributed by atoms with Gasteiger partial charge in [-0.25, -0.2) is 0 Å². The Bertz CT molecular complexity index is 826. The van der Waals surface area contributed by atoms with Crippen LogP contribution in [0.5, 0.6) is 0 Å². The fourth-order valence-electron chi connectivity index (χ4n) is 2.21. The van der Waals surface area contributed by atoms with Crippen molar-refractivity contribution >= 4 is 49.7 Å². The number of nitrogens with zero attached hydrogens (tertiary/aromatic N) is 4. The molecule has 0 spiro atoms. The van der Waals surface area contributed by atoms with Crippen molar-refractivity contribution in [3.8, 4) is 0 Å². The zero-order valence-electron chi connectivity index (χ0n) is 16.3. The van der Waals surface area contributed by atoms with Crippen molar-refractivity contribution in [1.82, 2.24) is 0 Å². The van der Waals surface area contributed by atoms with Crippen LogP contribution in [0.15, 0.2) is 142 Å². The van der Waals surface area contributed by atoms with Crippen LogP contribution >= 0.6 is 27.0 Å². The molecule has 0 saturated carbocycles. The predicted octanol–water partition coefficient (Wildman–Crippen LogP) is 8.43. The molecule has 0 atom stereocenters. The van der Waals surface area contributed by atoms with Gasteiger partial charge in [-0.15, -0.1) is 0 Å². The lowest BCUT2D eigenvalue weighted by Crippen LogP contribution is -1.62. The molecule has 4 aromatic rings. The van der Waals surface area contributed by atoms with Crippen molar-refractivity contribution in [2.45, 2.75) is 0 Å². The molecule has 0 unspecified atom stereocenters. The van der Waals surface area contributed by atoms with Crippen LogP contribution in [0.4, 0.5) is 22.7 Å². The van der Waals surface area contributed by atoms with Crippen molar-refractivity contribution in [3.63, 3.8) is 0 Å². The maximum absolute atomic E-state index is 4.10. The Labute approximate surface area is 191 Å². The van der Waals surface area contributed by atoms with Crippen LogP contribution in [0, 0.1) is 0 Å². The van der Waals surface area contributed by atoms with Crippen LogP contribution in [0.1, 0.15) is 0 Å². The summed E-state index contributed by atoms with van der Waals surface area (Å²) in [4.78, 5) is 0. The first-order chi connectivity index (χ1) is 13.9. The average molecular weight is 433 g/mol. The van der Waals surface area contributed by atoms with Crippen molar-refractivity contribution in [2.75, 3.05) is 0 Å². The van der Waals surface area contributed by atoms with E-state index in [4.69, 9.17) is 0 Å². The van der Waals surface area contributed by atoms with Crippen molar-refractivity contribution < 1.29 is 0 Å². The van der Waals surface area contributed by atoms with Gasteiger partial charge in [0.2, 0.25) is 0 Å². The van der Waals surface area contributed by atoms with E-state index < -0.39 is 0 Å². The molecule has 0 bridgehead atoms. The van der Waals surface area contributed by atoms with E-state index in [1.807, 2.05) is 121 Å². The molecule has 0 radical (unpaired) electrons. The largest absolute Gasteiger partial charge is 0.197 e. The van der Waals surface area contributed by atoms with E-state index in [0.717, 1.165) is 22.7 Å². The third kappa shape index (κ3) is 9.32. The Morgan fingerprint density at radius 1 is 0.267 bits per heavy atom. The van der Waals surface area contributed by atoms with Gasteiger partial charge in [0.15, 0.2) is 0 Å². The van der Waals surface area contributed by atoms with E-state index in [1.54, 1.807) is 0 Å². The second-order valence-electron chi connectivity index (χ2n) is 5.74. The molecule has 0 aromatic heterocycles. The molecular weight excluding hydrogens is 408 g/mol. The first-order valence-corrected chi connectivity index (χ1v) is 8.94. The van der Waals surface area contributed by atoms with Gasteiger partial charge < -0.3 is 0 Å². The van der Waals surface area contributed by atoms with Crippen LogP contribution in [-0.2, 0) is 0 Å². The summed E-state index contributed by atoms with van der Waals surface area (Å²) in [6.45, 7) is 0. The molecular formula is C24H24N4S2. The van der Waals surface area contributed by atoms with Crippen LogP contribution in [0.2, 0.25) is 0 Å². The fourth-order valence-corrected chi connectivity index (χ4v) is 2.21. The zero-order chi connectivity index (χ0) is 19.3. The number of hydrogen-bond donors (Lipinski definition) is 0. The molecule has 0 amide bonds. The molecule has 0 aliphatic carbocycles. The third-order valence-electron chi connectivity index (χ3n) is 3.59. The fraction of sp³-hybridized carbons (Fsp3) is 0. The summed E-state index contributed by atoms with van der Waals surface area (Å²) in [5.41, 5.74) is 3.49. The van der Waals surface area contributed by atoms with E-state index in [0.29, 0.717) is 0 Å². The molecule has 0 aliphatic heterocycles. The molecule has 0 heterocycles. The molecule has 6 heteroatoms. The molecule has 4 rings (SSSR count). The summed E-state index contributed by atoms with van der Waals surface area (Å²) < 4.78 is 0. The topological polar surface area (TPSA) is 49.4 Å². The van der Waals surface area contributed by atoms with Gasteiger partial charge in [-0.1, -0.05) is 72.8 Å². The molecule has 4 nitrogen and oxygen atoms in total. The van der Waals surface area contributed by atoms with Crippen molar-refractivity contribution in [1.29, 1.82) is 0 Å². The summed E-state index contributed by atoms with van der Waals surface area (Å²) in [5.74, 6) is 0. The highest BCUT2D eigenvalue weighted by molar-refractivity contribution is 7.59. The lowest BCUT2D eigenvalue weighted by molar-refractivity contribution is 1.23. The van der Waals surface area contributed by atoms with E-state index >= 15 is 0 Å². The highest BCUT2D eigenvalue weighted by Gasteiger charge is 1.87. The van der Waals surface area contributed by atoms with Gasteiger partial charge in [0.05, 0.1) is 22.7 Å². The van der Waals surface area contributed by atoms with Gasteiger partial charge in [0, 0.05) is 0 Å². The minimum atomic E-state index is 0. The smallest absolute Gasteiger partial charge is 0.0857 e. The lowest BCUT2D eigenvalue weighted by Gasteiger charge is -1.91. The van der Waals surface area contributed by atoms with Gasteiger partial charge in [-0.3, -0.25) is 0 Å². The van der Waals surface area contributed by atoms with Gasteiger partial charge >= 0.3 is 0 Å². The molecule has 0 aliphatic rings. The van der Waals surface area contributed by atoms with Gasteiger partial charge in [0.25, 0.3) is 0 Å². The van der Waals surface area contributed by atoms with Crippen LogP contribution in [-0.4, -0.2) is 0 Å². The second-order valence-corrected chi connectivity index (χ2v) is 5.74. The SMILES string of the molecule is S.S.c1ccc(/N=N/c2ccccc2)cc1.c1ccc(/N=N/c2ccccc2)cc1. The Morgan fingerprint density at radius 2 is 0.433 bits per heavy atom. The second kappa shape index (κ2) is 14.7. The molecule has 30 heavy (non-hydrogen) atoms. The van der Waals surface area contributed by atoms with Crippen LogP contribution in [0.25, 0.3) is 0 Å². The maximum atomic E-state index is 4.10. The van der Waals surface area contributed by atoms with Crippen LogP contribution < -0.4 is 0 Å².